The van der Waals surface area contributed by atoms with Crippen molar-refractivity contribution in [2.75, 3.05) is 44.3 Å². The van der Waals surface area contributed by atoms with Gasteiger partial charge in [-0.3, -0.25) is 19.8 Å². The average molecular weight is 526 g/mol. The van der Waals surface area contributed by atoms with Gasteiger partial charge < -0.3 is 10.4 Å². The lowest BCUT2D eigenvalue weighted by Gasteiger charge is -2.37. The summed E-state index contributed by atoms with van der Waals surface area (Å²) in [6.45, 7) is 1.94. The molecule has 4 rings (SSSR count). The van der Waals surface area contributed by atoms with Crippen molar-refractivity contribution in [1.29, 1.82) is 5.26 Å². The van der Waals surface area contributed by atoms with E-state index in [2.05, 4.69) is 15.5 Å². The topological polar surface area (TPSA) is 160 Å². The molecule has 1 amide bonds. The number of sulfonamides is 1. The predicted octanol–water partition coefficient (Wildman–Crippen LogP) is 0.756. The lowest BCUT2D eigenvalue weighted by molar-refractivity contribution is -0.120. The largest absolute Gasteiger partial charge is 0.478 e. The summed E-state index contributed by atoms with van der Waals surface area (Å²) in [6.07, 6.45) is 1.33. The van der Waals surface area contributed by atoms with E-state index in [0.29, 0.717) is 44.0 Å². The van der Waals surface area contributed by atoms with Crippen molar-refractivity contribution < 1.29 is 27.9 Å². The van der Waals surface area contributed by atoms with E-state index in [0.717, 1.165) is 0 Å². The number of Topliss-reactive ketones (excluding diaryl/α,β-unsaturated/α-hetero) is 1. The fraction of sp³-hybridized carbons (Fsp3) is 0.360. The van der Waals surface area contributed by atoms with E-state index < -0.39 is 33.2 Å². The van der Waals surface area contributed by atoms with Crippen LogP contribution in [0.3, 0.4) is 0 Å². The molecule has 2 aliphatic heterocycles. The van der Waals surface area contributed by atoms with E-state index in [9.17, 15) is 22.8 Å². The number of benzene rings is 2. The Morgan fingerprint density at radius 3 is 2.16 bits per heavy atom. The molecule has 37 heavy (non-hydrogen) atoms. The number of aromatic carboxylic acids is 1. The molecule has 3 N–H and O–H groups in total. The number of nitrogens with zero attached hydrogens (tertiary/aromatic N) is 3. The van der Waals surface area contributed by atoms with Crippen LogP contribution in [0.2, 0.25) is 0 Å². The summed E-state index contributed by atoms with van der Waals surface area (Å²) in [7, 11) is -3.29. The van der Waals surface area contributed by atoms with Gasteiger partial charge in [0.2, 0.25) is 10.0 Å². The molecule has 12 heteroatoms. The van der Waals surface area contributed by atoms with E-state index in [1.54, 1.807) is 0 Å². The van der Waals surface area contributed by atoms with Crippen molar-refractivity contribution in [1.82, 2.24) is 14.5 Å². The van der Waals surface area contributed by atoms with Crippen molar-refractivity contribution in [2.45, 2.75) is 18.0 Å². The van der Waals surface area contributed by atoms with Crippen molar-refractivity contribution >= 4 is 33.4 Å². The SMILES string of the molecule is CS(=O)(=O)N1CCN([C@@H]2CN[C@](C(=O)Nc3ccc(C(=O)O)cc3)(C(=O)c3ccc(C#N)cc3)C2)CC1. The van der Waals surface area contributed by atoms with Gasteiger partial charge in [-0.15, -0.1) is 0 Å². The Bertz CT molecular complexity index is 1350. The van der Waals surface area contributed by atoms with Gasteiger partial charge in [0.25, 0.3) is 5.91 Å². The zero-order valence-electron chi connectivity index (χ0n) is 20.2. The van der Waals surface area contributed by atoms with Crippen LogP contribution in [0.4, 0.5) is 5.69 Å². The minimum Gasteiger partial charge on any atom is -0.478 e. The molecule has 2 atom stereocenters. The molecule has 2 heterocycles. The van der Waals surface area contributed by atoms with Crippen LogP contribution >= 0.6 is 0 Å². The van der Waals surface area contributed by atoms with E-state index in [1.807, 2.05) is 6.07 Å². The first-order valence-electron chi connectivity index (χ1n) is 11.7. The molecule has 194 valence electrons. The Hall–Kier alpha value is -3.63. The van der Waals surface area contributed by atoms with Crippen molar-refractivity contribution in [2.24, 2.45) is 0 Å². The Labute approximate surface area is 214 Å². The number of ketones is 1. The minimum absolute atomic E-state index is 0.0636. The number of amides is 1. The number of hydrogen-bond acceptors (Lipinski definition) is 8. The fourth-order valence-corrected chi connectivity index (χ4v) is 5.60. The number of hydrogen-bond donors (Lipinski definition) is 3. The number of carbonyl (C=O) groups excluding carboxylic acids is 2. The van der Waals surface area contributed by atoms with Gasteiger partial charge in [0, 0.05) is 50.0 Å². The highest BCUT2D eigenvalue weighted by molar-refractivity contribution is 7.88. The number of carboxylic acids is 1. The number of piperazine rings is 1. The highest BCUT2D eigenvalue weighted by Crippen LogP contribution is 2.30. The van der Waals surface area contributed by atoms with Crippen molar-refractivity contribution in [3.63, 3.8) is 0 Å². The third-order valence-corrected chi connectivity index (χ3v) is 8.18. The van der Waals surface area contributed by atoms with Gasteiger partial charge in [-0.1, -0.05) is 12.1 Å². The molecule has 0 saturated carbocycles. The van der Waals surface area contributed by atoms with E-state index >= 15 is 0 Å². The first-order valence-corrected chi connectivity index (χ1v) is 13.5. The summed E-state index contributed by atoms with van der Waals surface area (Å²) in [5.74, 6) is -2.13. The second-order valence-corrected chi connectivity index (χ2v) is 11.2. The van der Waals surface area contributed by atoms with Gasteiger partial charge in [0.1, 0.15) is 0 Å². The zero-order chi connectivity index (χ0) is 26.8. The Balaban J connectivity index is 1.58. The van der Waals surface area contributed by atoms with Crippen LogP contribution in [0, 0.1) is 11.3 Å². The molecule has 11 nitrogen and oxygen atoms in total. The van der Waals surface area contributed by atoms with Gasteiger partial charge in [-0.25, -0.2) is 13.2 Å². The molecule has 2 saturated heterocycles. The van der Waals surface area contributed by atoms with Crippen LogP contribution < -0.4 is 10.6 Å². The Morgan fingerprint density at radius 2 is 1.62 bits per heavy atom. The molecular weight excluding hydrogens is 498 g/mol. The molecule has 2 aliphatic rings. The van der Waals surface area contributed by atoms with Gasteiger partial charge in [0.05, 0.1) is 23.5 Å². The second-order valence-electron chi connectivity index (χ2n) is 9.20. The number of rotatable bonds is 7. The zero-order valence-corrected chi connectivity index (χ0v) is 21.0. The van der Waals surface area contributed by atoms with Crippen LogP contribution in [0.1, 0.15) is 32.7 Å². The van der Waals surface area contributed by atoms with E-state index in [1.165, 1.54) is 59.1 Å². The predicted molar refractivity (Wildman–Crippen MR) is 135 cm³/mol. The number of anilines is 1. The minimum atomic E-state index is -3.29. The Morgan fingerprint density at radius 1 is 1.03 bits per heavy atom. The average Bonchev–Trinajstić information content (AvgIpc) is 3.35. The first kappa shape index (κ1) is 26.4. The highest BCUT2D eigenvalue weighted by atomic mass is 32.2. The lowest BCUT2D eigenvalue weighted by Crippen LogP contribution is -2.57. The first-order chi connectivity index (χ1) is 17.5. The molecular formula is C25H27N5O6S. The van der Waals surface area contributed by atoms with Gasteiger partial charge in [-0.2, -0.15) is 9.57 Å². The fourth-order valence-electron chi connectivity index (χ4n) is 4.77. The number of nitrogens with one attached hydrogen (secondary N) is 2. The number of carbonyl (C=O) groups is 3. The highest BCUT2D eigenvalue weighted by Gasteiger charge is 2.52. The maximum absolute atomic E-state index is 13.8. The van der Waals surface area contributed by atoms with Crippen LogP contribution in [0.25, 0.3) is 0 Å². The third-order valence-electron chi connectivity index (χ3n) is 6.88. The van der Waals surface area contributed by atoms with E-state index in [-0.39, 0.29) is 23.6 Å². The number of carboxylic acid groups (broad SMARTS) is 1. The Kier molecular flexibility index (Phi) is 7.42. The smallest absolute Gasteiger partial charge is 0.335 e. The normalized spacial score (nSPS) is 22.8. The third kappa shape index (κ3) is 5.55. The maximum Gasteiger partial charge on any atom is 0.335 e. The summed E-state index contributed by atoms with van der Waals surface area (Å²) >= 11 is 0. The van der Waals surface area contributed by atoms with Crippen LogP contribution in [0.15, 0.2) is 48.5 Å². The number of nitriles is 1. The maximum atomic E-state index is 13.8. The van der Waals surface area contributed by atoms with Gasteiger partial charge in [-0.05, 0) is 42.8 Å². The van der Waals surface area contributed by atoms with E-state index in [4.69, 9.17) is 10.4 Å². The molecule has 0 bridgehead atoms. The van der Waals surface area contributed by atoms with Crippen molar-refractivity contribution in [3.05, 3.63) is 65.2 Å². The van der Waals surface area contributed by atoms with Crippen LogP contribution in [-0.4, -0.2) is 90.9 Å². The summed E-state index contributed by atoms with van der Waals surface area (Å²) in [6, 6.07) is 13.5. The standard InChI is InChI=1S/C25H27N5O6S/c1-37(35,36)30-12-10-29(11-13-30)21-14-25(27-16-21,22(31)18-4-2-17(15-26)3-5-18)24(34)28-20-8-6-19(7-9-20)23(32)33/h2-9,21,27H,10-14,16H2,1H3,(H,28,34)(H,32,33)/t21-,25-/m0/s1. The monoisotopic (exact) mass is 525 g/mol. The summed E-state index contributed by atoms with van der Waals surface area (Å²) in [4.78, 5) is 40.6. The lowest BCUT2D eigenvalue weighted by atomic mass is 9.85. The molecule has 2 aromatic carbocycles. The summed E-state index contributed by atoms with van der Waals surface area (Å²) in [5, 5.41) is 24.1. The molecule has 2 aromatic rings. The molecule has 0 spiro atoms. The molecule has 2 fully saturated rings. The molecule has 0 aliphatic carbocycles. The summed E-state index contributed by atoms with van der Waals surface area (Å²) < 4.78 is 25.2. The van der Waals surface area contributed by atoms with Crippen LogP contribution in [0.5, 0.6) is 0 Å². The van der Waals surface area contributed by atoms with Gasteiger partial charge >= 0.3 is 5.97 Å². The molecule has 0 aromatic heterocycles. The molecule has 0 radical (unpaired) electrons. The second kappa shape index (κ2) is 10.4. The summed E-state index contributed by atoms with van der Waals surface area (Å²) in [5.41, 5.74) is -0.555. The molecule has 0 unspecified atom stereocenters. The van der Waals surface area contributed by atoms with Crippen LogP contribution in [-0.2, 0) is 14.8 Å². The quantitative estimate of drug-likeness (QED) is 0.350. The van der Waals surface area contributed by atoms with Crippen molar-refractivity contribution in [3.8, 4) is 6.07 Å². The van der Waals surface area contributed by atoms with Gasteiger partial charge in [0.15, 0.2) is 11.3 Å².